The lowest BCUT2D eigenvalue weighted by atomic mass is 9.87. The molecule has 0 fully saturated rings. The van der Waals surface area contributed by atoms with E-state index in [1.165, 1.54) is 0 Å². The molecule has 1 atom stereocenters. The fourth-order valence-electron chi connectivity index (χ4n) is 3.17. The minimum absolute atomic E-state index is 0.00212. The highest BCUT2D eigenvalue weighted by Crippen LogP contribution is 2.37. The van der Waals surface area contributed by atoms with Gasteiger partial charge in [-0.15, -0.1) is 0 Å². The number of carbonyl (C=O) groups excluding carboxylic acids is 1. The van der Waals surface area contributed by atoms with Crippen molar-refractivity contribution in [2.45, 2.75) is 18.9 Å². The van der Waals surface area contributed by atoms with Gasteiger partial charge in [-0.25, -0.2) is 4.68 Å². The number of benzene rings is 2. The van der Waals surface area contributed by atoms with Gasteiger partial charge in [0.2, 0.25) is 5.91 Å². The molecule has 1 aromatic heterocycles. The molecule has 5 heteroatoms. The Morgan fingerprint density at radius 2 is 2.00 bits per heavy atom. The predicted molar refractivity (Wildman–Crippen MR) is 94.3 cm³/mol. The van der Waals surface area contributed by atoms with E-state index in [-0.39, 0.29) is 11.8 Å². The first-order valence-corrected chi connectivity index (χ1v) is 8.23. The van der Waals surface area contributed by atoms with Crippen molar-refractivity contribution < 1.29 is 4.79 Å². The van der Waals surface area contributed by atoms with Gasteiger partial charge in [0.1, 0.15) is 5.82 Å². The highest BCUT2D eigenvalue weighted by atomic mass is 35.5. The smallest absolute Gasteiger partial charge is 0.226 e. The van der Waals surface area contributed by atoms with Gasteiger partial charge in [-0.3, -0.25) is 4.79 Å². The Bertz CT molecular complexity index is 889. The molecule has 0 spiro atoms. The van der Waals surface area contributed by atoms with Gasteiger partial charge in [0.25, 0.3) is 0 Å². The van der Waals surface area contributed by atoms with Crippen LogP contribution in [0.3, 0.4) is 0 Å². The number of aromatic nitrogens is 2. The fraction of sp³-hybridized carbons (Fsp3) is 0.158. The van der Waals surface area contributed by atoms with Crippen LogP contribution in [0.4, 0.5) is 5.82 Å². The Kier molecular flexibility index (Phi) is 3.82. The Labute approximate surface area is 145 Å². The molecule has 120 valence electrons. The van der Waals surface area contributed by atoms with Crippen LogP contribution in [0, 0.1) is 0 Å². The maximum Gasteiger partial charge on any atom is 0.226 e. The van der Waals surface area contributed by atoms with Gasteiger partial charge in [0.15, 0.2) is 0 Å². The Morgan fingerprint density at radius 3 is 2.79 bits per heavy atom. The van der Waals surface area contributed by atoms with E-state index in [2.05, 4.69) is 10.4 Å². The number of carbonyl (C=O) groups is 1. The van der Waals surface area contributed by atoms with Gasteiger partial charge >= 0.3 is 0 Å². The summed E-state index contributed by atoms with van der Waals surface area (Å²) in [6, 6.07) is 17.8. The topological polar surface area (TPSA) is 46.9 Å². The molecule has 4 nitrogen and oxygen atoms in total. The number of fused-ring (bicyclic) bond motifs is 1. The van der Waals surface area contributed by atoms with Gasteiger partial charge in [-0.05, 0) is 23.3 Å². The molecule has 1 aliphatic heterocycles. The largest absolute Gasteiger partial charge is 0.311 e. The van der Waals surface area contributed by atoms with E-state index in [1.807, 2.05) is 65.5 Å². The molecule has 3 aromatic rings. The fourth-order valence-corrected chi connectivity index (χ4v) is 3.37. The number of anilines is 1. The van der Waals surface area contributed by atoms with Crippen molar-refractivity contribution in [1.82, 2.24) is 9.78 Å². The maximum atomic E-state index is 12.2. The van der Waals surface area contributed by atoms with Crippen LogP contribution in [0.5, 0.6) is 0 Å². The van der Waals surface area contributed by atoms with E-state index in [1.54, 1.807) is 0 Å². The maximum absolute atomic E-state index is 12.2. The SMILES string of the molecule is O=C1C[C@H](c2cccc(Cl)c2)c2cnn(Cc3ccccc3)c2N1. The molecule has 0 bridgehead atoms. The molecule has 2 aromatic carbocycles. The first-order chi connectivity index (χ1) is 11.7. The lowest BCUT2D eigenvalue weighted by molar-refractivity contribution is -0.116. The lowest BCUT2D eigenvalue weighted by Crippen LogP contribution is -2.25. The lowest BCUT2D eigenvalue weighted by Gasteiger charge is -2.24. The second-order valence-corrected chi connectivity index (χ2v) is 6.39. The standard InChI is InChI=1S/C19H16ClN3O/c20-15-8-4-7-14(9-15)16-10-18(24)22-19-17(16)11-21-23(19)12-13-5-2-1-3-6-13/h1-9,11,16H,10,12H2,(H,22,24)/t16-/m1/s1. The summed E-state index contributed by atoms with van der Waals surface area (Å²) in [4.78, 5) is 12.2. The van der Waals surface area contributed by atoms with Crippen LogP contribution in [0.2, 0.25) is 5.02 Å². The third kappa shape index (κ3) is 2.81. The van der Waals surface area contributed by atoms with Gasteiger partial charge in [0, 0.05) is 22.9 Å². The summed E-state index contributed by atoms with van der Waals surface area (Å²) < 4.78 is 1.85. The number of hydrogen-bond acceptors (Lipinski definition) is 2. The van der Waals surface area contributed by atoms with Crippen molar-refractivity contribution in [3.8, 4) is 0 Å². The van der Waals surface area contributed by atoms with Gasteiger partial charge in [-0.2, -0.15) is 5.10 Å². The van der Waals surface area contributed by atoms with Crippen LogP contribution in [-0.2, 0) is 11.3 Å². The highest BCUT2D eigenvalue weighted by molar-refractivity contribution is 6.30. The molecule has 0 saturated carbocycles. The molecular formula is C19H16ClN3O. The zero-order valence-electron chi connectivity index (χ0n) is 12.9. The molecule has 4 rings (SSSR count). The third-order valence-electron chi connectivity index (χ3n) is 4.32. The quantitative estimate of drug-likeness (QED) is 0.783. The second-order valence-electron chi connectivity index (χ2n) is 5.95. The zero-order chi connectivity index (χ0) is 16.5. The molecule has 1 amide bonds. The Balaban J connectivity index is 1.72. The summed E-state index contributed by atoms with van der Waals surface area (Å²) in [6.45, 7) is 0.624. The van der Waals surface area contributed by atoms with E-state index >= 15 is 0 Å². The molecule has 0 saturated heterocycles. The van der Waals surface area contributed by atoms with Crippen molar-refractivity contribution in [3.63, 3.8) is 0 Å². The molecule has 0 aliphatic carbocycles. The van der Waals surface area contributed by atoms with Gasteiger partial charge < -0.3 is 5.32 Å². The number of amides is 1. The predicted octanol–water partition coefficient (Wildman–Crippen LogP) is 4.06. The van der Waals surface area contributed by atoms with Crippen molar-refractivity contribution in [1.29, 1.82) is 0 Å². The number of nitrogens with zero attached hydrogens (tertiary/aromatic N) is 2. The average Bonchev–Trinajstić information content (AvgIpc) is 2.98. The molecule has 0 unspecified atom stereocenters. The number of hydrogen-bond donors (Lipinski definition) is 1. The van der Waals surface area contributed by atoms with Crippen LogP contribution in [0.25, 0.3) is 0 Å². The monoisotopic (exact) mass is 337 g/mol. The normalized spacial score (nSPS) is 16.5. The van der Waals surface area contributed by atoms with Crippen LogP contribution < -0.4 is 5.32 Å². The van der Waals surface area contributed by atoms with Gasteiger partial charge in [0.05, 0.1) is 12.7 Å². The number of rotatable bonds is 3. The van der Waals surface area contributed by atoms with Crippen molar-refractivity contribution in [2.75, 3.05) is 5.32 Å². The molecule has 24 heavy (non-hydrogen) atoms. The average molecular weight is 338 g/mol. The van der Waals surface area contributed by atoms with Crippen molar-refractivity contribution >= 4 is 23.3 Å². The molecular weight excluding hydrogens is 322 g/mol. The first-order valence-electron chi connectivity index (χ1n) is 7.85. The minimum atomic E-state index is -0.0167. The van der Waals surface area contributed by atoms with Crippen LogP contribution in [0.1, 0.15) is 29.0 Å². The van der Waals surface area contributed by atoms with E-state index in [9.17, 15) is 4.79 Å². The third-order valence-corrected chi connectivity index (χ3v) is 4.55. The summed E-state index contributed by atoms with van der Waals surface area (Å²) in [6.07, 6.45) is 2.26. The van der Waals surface area contributed by atoms with Gasteiger partial charge in [-0.1, -0.05) is 54.1 Å². The first kappa shape index (κ1) is 15.0. The Hall–Kier alpha value is -2.59. The second kappa shape index (κ2) is 6.13. The summed E-state index contributed by atoms with van der Waals surface area (Å²) >= 11 is 6.12. The summed E-state index contributed by atoms with van der Waals surface area (Å²) in [5.74, 6) is 0.763. The van der Waals surface area contributed by atoms with Crippen molar-refractivity contribution in [2.24, 2.45) is 0 Å². The Morgan fingerprint density at radius 1 is 1.17 bits per heavy atom. The highest BCUT2D eigenvalue weighted by Gasteiger charge is 2.30. The van der Waals surface area contributed by atoms with E-state index in [0.717, 1.165) is 22.5 Å². The van der Waals surface area contributed by atoms with E-state index < -0.39 is 0 Å². The summed E-state index contributed by atoms with van der Waals surface area (Å²) in [7, 11) is 0. The van der Waals surface area contributed by atoms with Crippen molar-refractivity contribution in [3.05, 3.63) is 82.5 Å². The molecule has 0 radical (unpaired) electrons. The summed E-state index contributed by atoms with van der Waals surface area (Å²) in [5, 5.41) is 8.14. The molecule has 1 aliphatic rings. The van der Waals surface area contributed by atoms with Crippen LogP contribution in [-0.4, -0.2) is 15.7 Å². The number of nitrogens with one attached hydrogen (secondary N) is 1. The molecule has 1 N–H and O–H groups in total. The van der Waals surface area contributed by atoms with Crippen LogP contribution in [0.15, 0.2) is 60.8 Å². The molecule has 2 heterocycles. The summed E-state index contributed by atoms with van der Waals surface area (Å²) in [5.41, 5.74) is 3.22. The van der Waals surface area contributed by atoms with E-state index in [0.29, 0.717) is 18.0 Å². The van der Waals surface area contributed by atoms with E-state index in [4.69, 9.17) is 11.6 Å². The zero-order valence-corrected chi connectivity index (χ0v) is 13.7. The minimum Gasteiger partial charge on any atom is -0.311 e. The number of halogens is 1. The van der Waals surface area contributed by atoms with Crippen LogP contribution >= 0.6 is 11.6 Å².